The number of carbonyl (C=O) groups is 2. The van der Waals surface area contributed by atoms with Gasteiger partial charge in [0.1, 0.15) is 11.6 Å². The van der Waals surface area contributed by atoms with E-state index in [-0.39, 0.29) is 28.6 Å². The van der Waals surface area contributed by atoms with E-state index in [0.29, 0.717) is 42.8 Å². The van der Waals surface area contributed by atoms with Gasteiger partial charge in [-0.15, -0.1) is 0 Å². The number of aliphatic hydroxyl groups is 1. The highest BCUT2D eigenvalue weighted by Gasteiger charge is 2.62. The van der Waals surface area contributed by atoms with Gasteiger partial charge in [0, 0.05) is 25.2 Å². The van der Waals surface area contributed by atoms with Gasteiger partial charge in [-0.3, -0.25) is 9.59 Å². The number of hydrogen-bond donors (Lipinski definition) is 1. The maximum Gasteiger partial charge on any atom is 0.137 e. The first-order valence-electron chi connectivity index (χ1n) is 9.09. The van der Waals surface area contributed by atoms with Crippen molar-refractivity contribution in [3.8, 4) is 0 Å². The van der Waals surface area contributed by atoms with Crippen LogP contribution in [0.4, 0.5) is 0 Å². The van der Waals surface area contributed by atoms with E-state index in [2.05, 4.69) is 13.8 Å². The smallest absolute Gasteiger partial charge is 0.137 e. The molecule has 0 aromatic rings. The Balaban J connectivity index is 1.69. The Bertz CT molecular complexity index is 527. The third kappa shape index (κ3) is 1.78. The van der Waals surface area contributed by atoms with E-state index in [0.717, 1.165) is 32.1 Å². The van der Waals surface area contributed by atoms with Gasteiger partial charge in [0.05, 0.1) is 6.10 Å². The second kappa shape index (κ2) is 4.66. The highest BCUT2D eigenvalue weighted by atomic mass is 16.3. The van der Waals surface area contributed by atoms with E-state index in [1.54, 1.807) is 0 Å². The maximum atomic E-state index is 12.8. The monoisotopic (exact) mass is 304 g/mol. The first kappa shape index (κ1) is 14.9. The van der Waals surface area contributed by atoms with Crippen molar-refractivity contribution >= 4 is 11.6 Å². The van der Waals surface area contributed by atoms with Gasteiger partial charge < -0.3 is 5.11 Å². The lowest BCUT2D eigenvalue weighted by molar-refractivity contribution is -0.160. The lowest BCUT2D eigenvalue weighted by Crippen LogP contribution is -2.57. The largest absolute Gasteiger partial charge is 0.393 e. The Labute approximate surface area is 132 Å². The van der Waals surface area contributed by atoms with Gasteiger partial charge in [0.25, 0.3) is 0 Å². The first-order chi connectivity index (χ1) is 10.4. The average Bonchev–Trinajstić information content (AvgIpc) is 2.77. The van der Waals surface area contributed by atoms with Crippen molar-refractivity contribution in [1.82, 2.24) is 0 Å². The molecule has 0 bridgehead atoms. The third-order valence-corrected chi connectivity index (χ3v) is 8.23. The maximum absolute atomic E-state index is 12.8. The van der Waals surface area contributed by atoms with E-state index >= 15 is 0 Å². The molecule has 0 heterocycles. The van der Waals surface area contributed by atoms with Crippen LogP contribution in [0.3, 0.4) is 0 Å². The second-order valence-corrected chi connectivity index (χ2v) is 8.99. The van der Waals surface area contributed by atoms with Crippen molar-refractivity contribution in [1.29, 1.82) is 0 Å². The van der Waals surface area contributed by atoms with E-state index < -0.39 is 0 Å². The van der Waals surface area contributed by atoms with E-state index in [1.807, 2.05) is 0 Å². The van der Waals surface area contributed by atoms with Crippen molar-refractivity contribution in [2.75, 3.05) is 0 Å². The lowest BCUT2D eigenvalue weighted by atomic mass is 9.45. The molecule has 7 atom stereocenters. The highest BCUT2D eigenvalue weighted by molar-refractivity contribution is 5.90. The van der Waals surface area contributed by atoms with Gasteiger partial charge in [-0.25, -0.2) is 0 Å². The molecule has 0 aliphatic heterocycles. The molecule has 4 fully saturated rings. The Hall–Kier alpha value is -0.700. The number of hydrogen-bond acceptors (Lipinski definition) is 3. The summed E-state index contributed by atoms with van der Waals surface area (Å²) in [5.74, 6) is 2.12. The molecule has 0 saturated heterocycles. The molecule has 4 saturated carbocycles. The molecular formula is C19H28O3. The third-order valence-electron chi connectivity index (χ3n) is 8.23. The second-order valence-electron chi connectivity index (χ2n) is 8.99. The predicted octanol–water partition coefficient (Wildman–Crippen LogP) is 3.14. The number of Topliss-reactive ketones (excluding diaryl/α,β-unsaturated/α-hetero) is 2. The first-order valence-corrected chi connectivity index (χ1v) is 9.09. The molecule has 4 aliphatic carbocycles. The fourth-order valence-corrected chi connectivity index (χ4v) is 6.81. The van der Waals surface area contributed by atoms with Crippen molar-refractivity contribution < 1.29 is 14.7 Å². The molecule has 0 aromatic heterocycles. The van der Waals surface area contributed by atoms with Crippen LogP contribution in [0.1, 0.15) is 65.2 Å². The van der Waals surface area contributed by atoms with Crippen molar-refractivity contribution in [2.45, 2.75) is 71.3 Å². The zero-order valence-electron chi connectivity index (χ0n) is 13.8. The minimum absolute atomic E-state index is 0.0225. The summed E-state index contributed by atoms with van der Waals surface area (Å²) in [4.78, 5) is 24.7. The summed E-state index contributed by atoms with van der Waals surface area (Å²) in [5.41, 5.74) is 0.0535. The number of fused-ring (bicyclic) bond motifs is 5. The molecule has 3 heteroatoms. The SMILES string of the molecule is C[C@]12CCC(=O)C[C@@H]1C(=O)C[C@@H]1[C@H]2CC[C@@]2(C)[C@@H]1CC[C@@H]2O. The molecule has 122 valence electrons. The molecule has 1 N–H and O–H groups in total. The summed E-state index contributed by atoms with van der Waals surface area (Å²) >= 11 is 0. The van der Waals surface area contributed by atoms with Crippen LogP contribution < -0.4 is 0 Å². The van der Waals surface area contributed by atoms with Crippen molar-refractivity contribution in [3.63, 3.8) is 0 Å². The van der Waals surface area contributed by atoms with Crippen molar-refractivity contribution in [3.05, 3.63) is 0 Å². The van der Waals surface area contributed by atoms with Gasteiger partial charge in [-0.1, -0.05) is 13.8 Å². The average molecular weight is 304 g/mol. The number of rotatable bonds is 0. The predicted molar refractivity (Wildman–Crippen MR) is 83.1 cm³/mol. The lowest BCUT2D eigenvalue weighted by Gasteiger charge is -2.59. The normalized spacial score (nSPS) is 54.6. The van der Waals surface area contributed by atoms with Gasteiger partial charge in [-0.05, 0) is 60.7 Å². The summed E-state index contributed by atoms with van der Waals surface area (Å²) in [7, 11) is 0. The van der Waals surface area contributed by atoms with Gasteiger partial charge in [0.2, 0.25) is 0 Å². The van der Waals surface area contributed by atoms with Gasteiger partial charge in [0.15, 0.2) is 0 Å². The quantitative estimate of drug-likeness (QED) is 0.748. The van der Waals surface area contributed by atoms with E-state index in [4.69, 9.17) is 0 Å². The summed E-state index contributed by atoms with van der Waals surface area (Å²) in [6, 6.07) is 0. The van der Waals surface area contributed by atoms with Crippen LogP contribution >= 0.6 is 0 Å². The molecule has 0 amide bonds. The molecule has 4 rings (SSSR count). The minimum Gasteiger partial charge on any atom is -0.393 e. The Kier molecular flexibility index (Phi) is 3.15. The fraction of sp³-hybridized carbons (Fsp3) is 0.895. The standard InChI is InChI=1S/C19H28O3/c1-18-7-5-11(20)9-15(18)16(21)10-12-13-3-4-17(22)19(13,2)8-6-14(12)18/h12-15,17,22H,3-10H2,1-2H3/t12-,13+,14+,15+,17-,18+,19-/m0/s1. The van der Waals surface area contributed by atoms with Gasteiger partial charge in [-0.2, -0.15) is 0 Å². The fourth-order valence-electron chi connectivity index (χ4n) is 6.81. The van der Waals surface area contributed by atoms with Crippen LogP contribution in [0.25, 0.3) is 0 Å². The van der Waals surface area contributed by atoms with Crippen LogP contribution in [0.5, 0.6) is 0 Å². The number of aliphatic hydroxyl groups excluding tert-OH is 1. The van der Waals surface area contributed by atoms with Crippen LogP contribution in [0.15, 0.2) is 0 Å². The molecule has 22 heavy (non-hydrogen) atoms. The highest BCUT2D eigenvalue weighted by Crippen LogP contribution is 2.65. The Morgan fingerprint density at radius 2 is 1.68 bits per heavy atom. The molecule has 0 unspecified atom stereocenters. The molecule has 3 nitrogen and oxygen atoms in total. The van der Waals surface area contributed by atoms with Crippen LogP contribution in [-0.2, 0) is 9.59 Å². The molecule has 0 radical (unpaired) electrons. The molecule has 0 aromatic carbocycles. The van der Waals surface area contributed by atoms with Crippen LogP contribution in [0.2, 0.25) is 0 Å². The van der Waals surface area contributed by atoms with Crippen LogP contribution in [-0.4, -0.2) is 22.8 Å². The summed E-state index contributed by atoms with van der Waals surface area (Å²) in [6.45, 7) is 4.53. The molecular weight excluding hydrogens is 276 g/mol. The minimum atomic E-state index is -0.188. The summed E-state index contributed by atoms with van der Waals surface area (Å²) in [5, 5.41) is 10.4. The number of ketones is 2. The van der Waals surface area contributed by atoms with Crippen LogP contribution in [0, 0.1) is 34.5 Å². The van der Waals surface area contributed by atoms with Crippen molar-refractivity contribution in [2.24, 2.45) is 34.5 Å². The number of carbonyl (C=O) groups excluding carboxylic acids is 2. The molecule has 0 spiro atoms. The Morgan fingerprint density at radius 3 is 2.45 bits per heavy atom. The zero-order valence-corrected chi connectivity index (χ0v) is 13.8. The van der Waals surface area contributed by atoms with E-state index in [9.17, 15) is 14.7 Å². The molecule has 4 aliphatic rings. The topological polar surface area (TPSA) is 54.4 Å². The summed E-state index contributed by atoms with van der Waals surface area (Å²) in [6.07, 6.45) is 6.71. The Morgan fingerprint density at radius 1 is 0.955 bits per heavy atom. The van der Waals surface area contributed by atoms with E-state index in [1.165, 1.54) is 0 Å². The van der Waals surface area contributed by atoms with Gasteiger partial charge >= 0.3 is 0 Å². The summed E-state index contributed by atoms with van der Waals surface area (Å²) < 4.78 is 0. The zero-order chi connectivity index (χ0) is 15.7.